The van der Waals surface area contributed by atoms with Gasteiger partial charge in [-0.1, -0.05) is 239 Å². The Morgan fingerprint density at radius 2 is 0.841 bits per heavy atom. The summed E-state index contributed by atoms with van der Waals surface area (Å²) in [5.41, 5.74) is 0. The molecule has 1 amide bonds. The van der Waals surface area contributed by atoms with Gasteiger partial charge < -0.3 is 65.1 Å². The molecule has 0 radical (unpaired) electrons. The average molecular weight is 1150 g/mol. The molecule has 14 heteroatoms. The minimum absolute atomic E-state index is 0.219. The number of amides is 1. The van der Waals surface area contributed by atoms with E-state index < -0.39 is 86.8 Å². The highest BCUT2D eigenvalue weighted by Gasteiger charge is 2.51. The van der Waals surface area contributed by atoms with Gasteiger partial charge in [0.15, 0.2) is 12.6 Å². The number of hydrogen-bond acceptors (Lipinski definition) is 13. The molecule has 2 rings (SSSR count). The van der Waals surface area contributed by atoms with Gasteiger partial charge in [-0.3, -0.25) is 4.79 Å². The summed E-state index contributed by atoms with van der Waals surface area (Å²) in [4.78, 5) is 13.3. The fraction of sp³-hybridized carbons (Fsp3) is 0.721. The summed E-state index contributed by atoms with van der Waals surface area (Å²) in [5.74, 6) is -0.219. The number of hydrogen-bond donors (Lipinski definition) is 9. The fourth-order valence-corrected chi connectivity index (χ4v) is 9.88. The summed E-state index contributed by atoms with van der Waals surface area (Å²) in [6.07, 6.45) is 56.8. The van der Waals surface area contributed by atoms with Crippen molar-refractivity contribution >= 4 is 5.91 Å². The summed E-state index contributed by atoms with van der Waals surface area (Å²) in [6, 6.07) is -0.838. The third-order valence-corrected chi connectivity index (χ3v) is 15.0. The van der Waals surface area contributed by atoms with Crippen molar-refractivity contribution in [3.63, 3.8) is 0 Å². The van der Waals surface area contributed by atoms with Gasteiger partial charge in [-0.2, -0.15) is 0 Å². The van der Waals surface area contributed by atoms with Gasteiger partial charge in [0.2, 0.25) is 5.91 Å². The molecule has 0 aromatic rings. The van der Waals surface area contributed by atoms with Crippen LogP contribution in [0, 0.1) is 0 Å². The highest BCUT2D eigenvalue weighted by molar-refractivity contribution is 5.76. The molecule has 12 atom stereocenters. The van der Waals surface area contributed by atoms with Crippen LogP contribution >= 0.6 is 0 Å². The highest BCUT2D eigenvalue weighted by atomic mass is 16.7. The molecule has 0 spiro atoms. The van der Waals surface area contributed by atoms with Crippen molar-refractivity contribution in [1.82, 2.24) is 5.32 Å². The van der Waals surface area contributed by atoms with Crippen LogP contribution in [0.3, 0.4) is 0 Å². The first-order valence-corrected chi connectivity index (χ1v) is 32.1. The van der Waals surface area contributed by atoms with Crippen molar-refractivity contribution in [2.75, 3.05) is 19.8 Å². The number of aliphatic hydroxyl groups is 8. The topological polar surface area (TPSA) is 228 Å². The van der Waals surface area contributed by atoms with Crippen LogP contribution in [-0.4, -0.2) is 140 Å². The molecule has 470 valence electrons. The number of carbonyl (C=O) groups is 1. The zero-order valence-electron chi connectivity index (χ0n) is 50.7. The van der Waals surface area contributed by atoms with E-state index >= 15 is 0 Å². The Morgan fingerprint density at radius 3 is 1.29 bits per heavy atom. The number of ether oxygens (including phenoxy) is 4. The Hall–Kier alpha value is -3.35. The van der Waals surface area contributed by atoms with Gasteiger partial charge in [-0.25, -0.2) is 0 Å². The standard InChI is InChI=1S/C68H115NO13/c1-3-5-7-9-11-13-15-16-17-18-19-20-21-22-23-24-25-26-27-28-29-30-31-32-33-34-35-36-37-38-39-40-42-44-46-48-50-52-60(73)69-56(57(72)51-49-47-45-43-41-14-12-10-8-6-4-2)55-79-67-65(78)63(76)66(59(54-71)81-67)82-68-64(77)62(75)61(74)58(53-70)80-68/h5,7,11,13,16-17,19-20,22-23,25-26,28-29,31-32,34-35,56-59,61-68,70-72,74-78H,3-4,6,8-10,12,14-15,18,21,24,27,30,33,36-55H2,1-2H3,(H,69,73)/b7-5-,13-11-,17-16-,20-19-,23-22-,26-25-,29-28-,32-31-,35-34-. The second kappa shape index (κ2) is 52.0. The van der Waals surface area contributed by atoms with E-state index in [0.29, 0.717) is 19.3 Å². The number of nitrogens with one attached hydrogen (secondary N) is 1. The van der Waals surface area contributed by atoms with E-state index in [1.165, 1.54) is 77.0 Å². The lowest BCUT2D eigenvalue weighted by Crippen LogP contribution is -2.65. The van der Waals surface area contributed by atoms with Crippen molar-refractivity contribution in [2.24, 2.45) is 0 Å². The maximum absolute atomic E-state index is 13.3. The number of allylic oxidation sites excluding steroid dienone is 18. The quantitative estimate of drug-likeness (QED) is 0.0204. The molecule has 0 aromatic carbocycles. The Bertz CT molecular complexity index is 1790. The van der Waals surface area contributed by atoms with Crippen molar-refractivity contribution in [3.05, 3.63) is 109 Å². The fourth-order valence-electron chi connectivity index (χ4n) is 9.88. The number of aliphatic hydroxyl groups excluding tert-OH is 8. The molecule has 2 aliphatic rings. The Kier molecular flexibility index (Phi) is 47.4. The zero-order valence-corrected chi connectivity index (χ0v) is 50.7. The third-order valence-electron chi connectivity index (χ3n) is 15.0. The lowest BCUT2D eigenvalue weighted by molar-refractivity contribution is -0.359. The van der Waals surface area contributed by atoms with E-state index in [9.17, 15) is 45.6 Å². The van der Waals surface area contributed by atoms with Crippen molar-refractivity contribution < 1.29 is 64.6 Å². The first kappa shape index (κ1) is 74.7. The average Bonchev–Trinajstić information content (AvgIpc) is 3.22. The van der Waals surface area contributed by atoms with E-state index in [-0.39, 0.29) is 12.5 Å². The van der Waals surface area contributed by atoms with Crippen LogP contribution < -0.4 is 5.32 Å². The van der Waals surface area contributed by atoms with E-state index in [1.807, 2.05) is 0 Å². The maximum Gasteiger partial charge on any atom is 0.220 e. The minimum Gasteiger partial charge on any atom is -0.394 e. The lowest BCUT2D eigenvalue weighted by Gasteiger charge is -2.46. The van der Waals surface area contributed by atoms with E-state index in [2.05, 4.69) is 129 Å². The molecule has 14 nitrogen and oxygen atoms in total. The van der Waals surface area contributed by atoms with Gasteiger partial charge in [0.25, 0.3) is 0 Å². The molecule has 0 saturated carbocycles. The molecular formula is C68H115NO13. The summed E-state index contributed by atoms with van der Waals surface area (Å²) in [7, 11) is 0. The second-order valence-corrected chi connectivity index (χ2v) is 22.2. The Balaban J connectivity index is 1.62. The van der Waals surface area contributed by atoms with Crippen LogP contribution in [-0.2, 0) is 23.7 Å². The van der Waals surface area contributed by atoms with Gasteiger partial charge in [0, 0.05) is 6.42 Å². The molecule has 2 fully saturated rings. The van der Waals surface area contributed by atoms with E-state index in [0.717, 1.165) is 109 Å². The second-order valence-electron chi connectivity index (χ2n) is 22.2. The monoisotopic (exact) mass is 1150 g/mol. The molecule has 2 saturated heterocycles. The number of rotatable bonds is 50. The first-order valence-electron chi connectivity index (χ1n) is 32.1. The van der Waals surface area contributed by atoms with Crippen LogP contribution in [0.2, 0.25) is 0 Å². The Labute approximate surface area is 495 Å². The van der Waals surface area contributed by atoms with Gasteiger partial charge >= 0.3 is 0 Å². The molecule has 9 N–H and O–H groups in total. The molecule has 0 bridgehead atoms. The van der Waals surface area contributed by atoms with Crippen LogP contribution in [0.1, 0.15) is 219 Å². The van der Waals surface area contributed by atoms with Crippen molar-refractivity contribution in [2.45, 2.75) is 293 Å². The summed E-state index contributed by atoms with van der Waals surface area (Å²) < 4.78 is 22.8. The van der Waals surface area contributed by atoms with Crippen LogP contribution in [0.25, 0.3) is 0 Å². The maximum atomic E-state index is 13.3. The predicted octanol–water partition coefficient (Wildman–Crippen LogP) is 12.0. The van der Waals surface area contributed by atoms with E-state index in [1.54, 1.807) is 0 Å². The normalized spacial score (nSPS) is 24.7. The third kappa shape index (κ3) is 36.5. The molecule has 82 heavy (non-hydrogen) atoms. The zero-order chi connectivity index (χ0) is 59.5. The molecule has 0 aliphatic carbocycles. The summed E-state index contributed by atoms with van der Waals surface area (Å²) in [6.45, 7) is 2.71. The summed E-state index contributed by atoms with van der Waals surface area (Å²) in [5, 5.41) is 87.2. The summed E-state index contributed by atoms with van der Waals surface area (Å²) >= 11 is 0. The number of unbranched alkanes of at least 4 members (excludes halogenated alkanes) is 19. The van der Waals surface area contributed by atoms with Crippen LogP contribution in [0.4, 0.5) is 0 Å². The minimum atomic E-state index is -1.79. The largest absolute Gasteiger partial charge is 0.394 e. The predicted molar refractivity (Wildman–Crippen MR) is 332 cm³/mol. The molecule has 0 aromatic heterocycles. The van der Waals surface area contributed by atoms with Crippen molar-refractivity contribution in [1.29, 1.82) is 0 Å². The van der Waals surface area contributed by atoms with Crippen LogP contribution in [0.5, 0.6) is 0 Å². The SMILES string of the molecule is CC/C=C\C/C=C\C/C=C\C/C=C\C/C=C\C/C=C\C/C=C\C/C=C\C/C=C\CCCCCCCCCCCC(=O)NC(COC1OC(CO)C(OC2OC(CO)C(O)C(O)C2O)C(O)C1O)C(O)CCCCCCCCCCCCC. The first-order chi connectivity index (χ1) is 40.1. The van der Waals surface area contributed by atoms with E-state index in [4.69, 9.17) is 18.9 Å². The van der Waals surface area contributed by atoms with Gasteiger partial charge in [-0.05, 0) is 83.5 Å². The molecule has 12 unspecified atom stereocenters. The molecule has 2 aliphatic heterocycles. The Morgan fingerprint density at radius 1 is 0.451 bits per heavy atom. The highest BCUT2D eigenvalue weighted by Crippen LogP contribution is 2.30. The number of carbonyl (C=O) groups excluding carboxylic acids is 1. The smallest absolute Gasteiger partial charge is 0.220 e. The van der Waals surface area contributed by atoms with Crippen LogP contribution in [0.15, 0.2) is 109 Å². The van der Waals surface area contributed by atoms with Gasteiger partial charge in [0.1, 0.15) is 48.8 Å². The van der Waals surface area contributed by atoms with Crippen molar-refractivity contribution in [3.8, 4) is 0 Å². The van der Waals surface area contributed by atoms with Gasteiger partial charge in [-0.15, -0.1) is 0 Å². The van der Waals surface area contributed by atoms with Gasteiger partial charge in [0.05, 0.1) is 32.0 Å². The lowest BCUT2D eigenvalue weighted by atomic mass is 9.97. The molecule has 2 heterocycles. The molecular weight excluding hydrogens is 1040 g/mol.